The highest BCUT2D eigenvalue weighted by molar-refractivity contribution is 7.07. The Morgan fingerprint density at radius 1 is 1.35 bits per heavy atom. The van der Waals surface area contributed by atoms with Crippen molar-refractivity contribution in [2.45, 2.75) is 38.3 Å². The third kappa shape index (κ3) is 2.87. The smallest absolute Gasteiger partial charge is 0.0795 e. The molecule has 0 aromatic carbocycles. The second kappa shape index (κ2) is 5.04. The summed E-state index contributed by atoms with van der Waals surface area (Å²) in [6.07, 6.45) is 5.29. The molecule has 2 fully saturated rings. The van der Waals surface area contributed by atoms with Gasteiger partial charge in [-0.2, -0.15) is 0 Å². The molecule has 94 valence electrons. The topological polar surface area (TPSA) is 45.1 Å². The Labute approximate surface area is 106 Å². The van der Waals surface area contributed by atoms with E-state index in [1.54, 1.807) is 11.3 Å². The molecule has 4 heteroatoms. The first-order valence-electron chi connectivity index (χ1n) is 6.60. The van der Waals surface area contributed by atoms with Crippen LogP contribution in [0.5, 0.6) is 0 Å². The van der Waals surface area contributed by atoms with E-state index in [0.29, 0.717) is 18.6 Å². The predicted molar refractivity (Wildman–Crippen MR) is 68.8 cm³/mol. The van der Waals surface area contributed by atoms with E-state index >= 15 is 0 Å². The van der Waals surface area contributed by atoms with Gasteiger partial charge in [0.25, 0.3) is 0 Å². The van der Waals surface area contributed by atoms with E-state index in [2.05, 4.69) is 15.7 Å². The summed E-state index contributed by atoms with van der Waals surface area (Å²) in [4.78, 5) is 4.31. The third-order valence-corrected chi connectivity index (χ3v) is 4.67. The van der Waals surface area contributed by atoms with Crippen LogP contribution in [0.3, 0.4) is 0 Å². The Morgan fingerprint density at radius 3 is 2.65 bits per heavy atom. The van der Waals surface area contributed by atoms with Crippen LogP contribution in [0.15, 0.2) is 10.9 Å². The maximum absolute atomic E-state index is 9.59. The van der Waals surface area contributed by atoms with Gasteiger partial charge in [0.2, 0.25) is 0 Å². The molecule has 0 amide bonds. The van der Waals surface area contributed by atoms with Crippen LogP contribution in [-0.4, -0.2) is 22.7 Å². The molecule has 0 saturated heterocycles. The van der Waals surface area contributed by atoms with E-state index in [9.17, 15) is 5.11 Å². The van der Waals surface area contributed by atoms with E-state index in [-0.39, 0.29) is 0 Å². The molecule has 2 aliphatic carbocycles. The first kappa shape index (κ1) is 11.6. The number of hydrogen-bond donors (Lipinski definition) is 2. The van der Waals surface area contributed by atoms with Crippen molar-refractivity contribution < 1.29 is 5.11 Å². The van der Waals surface area contributed by atoms with Gasteiger partial charge in [0.05, 0.1) is 11.2 Å². The lowest BCUT2D eigenvalue weighted by Gasteiger charge is -2.26. The predicted octanol–water partition coefficient (Wildman–Crippen LogP) is 2.03. The number of aliphatic hydroxyl groups is 1. The number of nitrogens with zero attached hydrogens (tertiary/aromatic N) is 1. The van der Waals surface area contributed by atoms with Crippen molar-refractivity contribution in [3.8, 4) is 0 Å². The van der Waals surface area contributed by atoms with Crippen LogP contribution >= 0.6 is 11.3 Å². The molecule has 3 nitrogen and oxygen atoms in total. The molecule has 17 heavy (non-hydrogen) atoms. The molecule has 1 aromatic heterocycles. The average molecular weight is 252 g/mol. The van der Waals surface area contributed by atoms with Crippen LogP contribution in [0.2, 0.25) is 0 Å². The van der Waals surface area contributed by atoms with Crippen LogP contribution in [0.25, 0.3) is 0 Å². The highest BCUT2D eigenvalue weighted by Gasteiger charge is 2.42. The summed E-state index contributed by atoms with van der Waals surface area (Å²) < 4.78 is 0. The number of rotatable bonds is 7. The molecule has 0 spiro atoms. The summed E-state index contributed by atoms with van der Waals surface area (Å²) in [5.74, 6) is 2.04. The quantitative estimate of drug-likeness (QED) is 0.780. The number of thiazole rings is 1. The Kier molecular flexibility index (Phi) is 3.45. The maximum Gasteiger partial charge on any atom is 0.0795 e. The van der Waals surface area contributed by atoms with Crippen molar-refractivity contribution >= 4 is 11.3 Å². The van der Waals surface area contributed by atoms with Crippen LogP contribution in [0.4, 0.5) is 0 Å². The van der Waals surface area contributed by atoms with Crippen molar-refractivity contribution in [2.75, 3.05) is 6.61 Å². The Morgan fingerprint density at radius 2 is 2.12 bits per heavy atom. The molecule has 2 N–H and O–H groups in total. The Hall–Kier alpha value is -0.450. The van der Waals surface area contributed by atoms with Crippen molar-refractivity contribution in [3.05, 3.63) is 16.6 Å². The van der Waals surface area contributed by atoms with E-state index in [1.165, 1.54) is 25.7 Å². The minimum absolute atomic E-state index is 0.343. The lowest BCUT2D eigenvalue weighted by Crippen LogP contribution is -2.40. The summed E-state index contributed by atoms with van der Waals surface area (Å²) >= 11 is 1.65. The first-order chi connectivity index (χ1) is 8.38. The minimum atomic E-state index is 0.343. The first-order valence-corrected chi connectivity index (χ1v) is 7.54. The normalized spacial score (nSPS) is 23.6. The number of aromatic nitrogens is 1. The zero-order valence-electron chi connectivity index (χ0n) is 10.0. The zero-order chi connectivity index (χ0) is 11.7. The molecule has 2 saturated carbocycles. The van der Waals surface area contributed by atoms with Crippen molar-refractivity contribution in [2.24, 2.45) is 17.8 Å². The maximum atomic E-state index is 9.59. The molecular formula is C13H20N2OS. The van der Waals surface area contributed by atoms with Crippen molar-refractivity contribution in [1.82, 2.24) is 10.3 Å². The van der Waals surface area contributed by atoms with Gasteiger partial charge < -0.3 is 10.4 Å². The molecule has 1 heterocycles. The van der Waals surface area contributed by atoms with Crippen molar-refractivity contribution in [1.29, 1.82) is 0 Å². The Balaban J connectivity index is 1.59. The Bertz CT molecular complexity index is 346. The molecule has 2 aliphatic rings. The SMILES string of the molecule is OCC(C1CC1)C(NCc1cscn1)C1CC1. The lowest BCUT2D eigenvalue weighted by atomic mass is 9.91. The van der Waals surface area contributed by atoms with E-state index in [1.807, 2.05) is 5.51 Å². The van der Waals surface area contributed by atoms with Gasteiger partial charge in [0.1, 0.15) is 0 Å². The molecule has 0 radical (unpaired) electrons. The van der Waals surface area contributed by atoms with Gasteiger partial charge in [-0.15, -0.1) is 11.3 Å². The second-order valence-electron chi connectivity index (χ2n) is 5.41. The van der Waals surface area contributed by atoms with Gasteiger partial charge >= 0.3 is 0 Å². The summed E-state index contributed by atoms with van der Waals surface area (Å²) in [6.45, 7) is 1.20. The molecule has 1 aromatic rings. The van der Waals surface area contributed by atoms with Gasteiger partial charge in [0.15, 0.2) is 0 Å². The lowest BCUT2D eigenvalue weighted by molar-refractivity contribution is 0.159. The van der Waals surface area contributed by atoms with Crippen molar-refractivity contribution in [3.63, 3.8) is 0 Å². The summed E-state index contributed by atoms with van der Waals surface area (Å²) in [6, 6.07) is 0.509. The van der Waals surface area contributed by atoms with E-state index < -0.39 is 0 Å². The fourth-order valence-electron chi connectivity index (χ4n) is 2.75. The van der Waals surface area contributed by atoms with Crippen LogP contribution in [-0.2, 0) is 6.54 Å². The number of aliphatic hydroxyl groups excluding tert-OH is 1. The number of hydrogen-bond acceptors (Lipinski definition) is 4. The average Bonchev–Trinajstić information content (AvgIpc) is 3.24. The summed E-state index contributed by atoms with van der Waals surface area (Å²) in [5, 5.41) is 15.3. The summed E-state index contributed by atoms with van der Waals surface area (Å²) in [7, 11) is 0. The fourth-order valence-corrected chi connectivity index (χ4v) is 3.31. The fraction of sp³-hybridized carbons (Fsp3) is 0.769. The minimum Gasteiger partial charge on any atom is -0.396 e. The van der Waals surface area contributed by atoms with Gasteiger partial charge in [-0.25, -0.2) is 4.98 Å². The third-order valence-electron chi connectivity index (χ3n) is 4.03. The van der Waals surface area contributed by atoms with Crippen LogP contribution in [0, 0.1) is 17.8 Å². The molecule has 2 unspecified atom stereocenters. The van der Waals surface area contributed by atoms with E-state index in [4.69, 9.17) is 0 Å². The second-order valence-corrected chi connectivity index (χ2v) is 6.13. The van der Waals surface area contributed by atoms with E-state index in [0.717, 1.165) is 24.1 Å². The molecule has 0 bridgehead atoms. The van der Waals surface area contributed by atoms with Crippen LogP contribution < -0.4 is 5.32 Å². The van der Waals surface area contributed by atoms with Crippen LogP contribution in [0.1, 0.15) is 31.4 Å². The molecular weight excluding hydrogens is 232 g/mol. The largest absolute Gasteiger partial charge is 0.396 e. The zero-order valence-corrected chi connectivity index (χ0v) is 10.8. The molecule has 0 aliphatic heterocycles. The van der Waals surface area contributed by atoms with Gasteiger partial charge in [-0.1, -0.05) is 0 Å². The highest BCUT2D eigenvalue weighted by atomic mass is 32.1. The molecule has 2 atom stereocenters. The monoisotopic (exact) mass is 252 g/mol. The number of nitrogens with one attached hydrogen (secondary N) is 1. The molecule has 3 rings (SSSR count). The van der Waals surface area contributed by atoms with Gasteiger partial charge in [0, 0.05) is 30.5 Å². The standard InChI is InChI=1S/C13H20N2OS/c16-6-12(9-1-2-9)13(10-3-4-10)14-5-11-7-17-8-15-11/h7-10,12-14,16H,1-6H2. The highest BCUT2D eigenvalue weighted by Crippen LogP contribution is 2.45. The van der Waals surface area contributed by atoms with Gasteiger partial charge in [-0.05, 0) is 37.5 Å². The summed E-state index contributed by atoms with van der Waals surface area (Å²) in [5.41, 5.74) is 3.02. The van der Waals surface area contributed by atoms with Gasteiger partial charge in [-0.3, -0.25) is 0 Å².